The van der Waals surface area contributed by atoms with Gasteiger partial charge in [0, 0.05) is 19.4 Å². The number of aryl methyl sites for hydroxylation is 2. The fourth-order valence-electron chi connectivity index (χ4n) is 2.75. The minimum absolute atomic E-state index is 0.0869. The molecule has 0 amide bonds. The lowest BCUT2D eigenvalue weighted by Gasteiger charge is -2.19. The molecule has 19 heavy (non-hydrogen) atoms. The van der Waals surface area contributed by atoms with Gasteiger partial charge >= 0.3 is 0 Å². The number of halogens is 1. The van der Waals surface area contributed by atoms with Gasteiger partial charge in [-0.1, -0.05) is 6.92 Å². The first kappa shape index (κ1) is 14.3. The van der Waals surface area contributed by atoms with E-state index in [9.17, 15) is 10.1 Å². The molecule has 1 heterocycles. The Hall–Kier alpha value is -1.15. The van der Waals surface area contributed by atoms with Gasteiger partial charge in [-0.3, -0.25) is 9.48 Å². The van der Waals surface area contributed by atoms with E-state index in [0.29, 0.717) is 19.3 Å². The second kappa shape index (κ2) is 5.46. The molecule has 0 N–H and O–H groups in total. The Morgan fingerprint density at radius 1 is 1.53 bits per heavy atom. The Morgan fingerprint density at radius 2 is 2.26 bits per heavy atom. The molecule has 0 spiro atoms. The van der Waals surface area contributed by atoms with Crippen molar-refractivity contribution in [2.24, 2.45) is 5.41 Å². The van der Waals surface area contributed by atoms with E-state index in [-0.39, 0.29) is 5.78 Å². The maximum atomic E-state index is 12.1. The molecule has 4 nitrogen and oxygen atoms in total. The van der Waals surface area contributed by atoms with Crippen LogP contribution >= 0.6 is 15.9 Å². The van der Waals surface area contributed by atoms with Gasteiger partial charge in [-0.25, -0.2) is 0 Å². The molecule has 1 fully saturated rings. The van der Waals surface area contributed by atoms with Gasteiger partial charge in [-0.2, -0.15) is 10.4 Å². The molecule has 5 heteroatoms. The molecule has 1 aliphatic rings. The van der Waals surface area contributed by atoms with Gasteiger partial charge in [0.2, 0.25) is 0 Å². The van der Waals surface area contributed by atoms with Crippen LogP contribution in [0.1, 0.15) is 44.5 Å². The van der Waals surface area contributed by atoms with Crippen molar-refractivity contribution < 1.29 is 4.79 Å². The molecule has 0 aliphatic heterocycles. The van der Waals surface area contributed by atoms with Crippen molar-refractivity contribution in [1.82, 2.24) is 9.78 Å². The maximum absolute atomic E-state index is 12.1. The van der Waals surface area contributed by atoms with E-state index < -0.39 is 5.41 Å². The Labute approximate surface area is 121 Å². The zero-order chi connectivity index (χ0) is 14.0. The number of hydrogen-bond donors (Lipinski definition) is 0. The molecule has 0 saturated heterocycles. The van der Waals surface area contributed by atoms with Crippen molar-refractivity contribution in [3.63, 3.8) is 0 Å². The molecule has 1 atom stereocenters. The normalized spacial score (nSPS) is 22.7. The van der Waals surface area contributed by atoms with E-state index in [0.717, 1.165) is 35.2 Å². The van der Waals surface area contributed by atoms with Crippen LogP contribution in [0.3, 0.4) is 0 Å². The highest BCUT2D eigenvalue weighted by atomic mass is 79.9. The zero-order valence-corrected chi connectivity index (χ0v) is 13.0. The topological polar surface area (TPSA) is 58.7 Å². The average molecular weight is 324 g/mol. The molecule has 1 saturated carbocycles. The molecule has 1 aromatic heterocycles. The lowest BCUT2D eigenvalue weighted by molar-refractivity contribution is -0.123. The first-order valence-corrected chi connectivity index (χ1v) is 7.56. The molecule has 2 rings (SSSR count). The van der Waals surface area contributed by atoms with Crippen molar-refractivity contribution in [2.75, 3.05) is 0 Å². The van der Waals surface area contributed by atoms with E-state index in [4.69, 9.17) is 0 Å². The monoisotopic (exact) mass is 323 g/mol. The summed E-state index contributed by atoms with van der Waals surface area (Å²) < 4.78 is 2.87. The van der Waals surface area contributed by atoms with Crippen LogP contribution in [0, 0.1) is 16.7 Å². The van der Waals surface area contributed by atoms with Crippen LogP contribution in [0.15, 0.2) is 4.47 Å². The quantitative estimate of drug-likeness (QED) is 0.855. The number of ketones is 1. The summed E-state index contributed by atoms with van der Waals surface area (Å²) in [6.45, 7) is 4.83. The minimum atomic E-state index is -0.833. The third-order valence-corrected chi connectivity index (χ3v) is 4.83. The Balaban J connectivity index is 2.40. The third-order valence-electron chi connectivity index (χ3n) is 3.92. The van der Waals surface area contributed by atoms with E-state index in [1.807, 2.05) is 11.6 Å². The van der Waals surface area contributed by atoms with Crippen molar-refractivity contribution in [3.8, 4) is 6.07 Å². The molecule has 0 aromatic carbocycles. The minimum Gasteiger partial charge on any atom is -0.298 e. The smallest absolute Gasteiger partial charge is 0.153 e. The summed E-state index contributed by atoms with van der Waals surface area (Å²) in [4.78, 5) is 12.1. The van der Waals surface area contributed by atoms with Gasteiger partial charge in [0.05, 0.1) is 21.9 Å². The molecule has 1 aromatic rings. The van der Waals surface area contributed by atoms with Crippen molar-refractivity contribution >= 4 is 21.7 Å². The van der Waals surface area contributed by atoms with Crippen LogP contribution in [0.2, 0.25) is 0 Å². The van der Waals surface area contributed by atoms with Crippen molar-refractivity contribution in [3.05, 3.63) is 15.9 Å². The van der Waals surface area contributed by atoms with Crippen LogP contribution < -0.4 is 0 Å². The highest BCUT2D eigenvalue weighted by Gasteiger charge is 2.43. The zero-order valence-electron chi connectivity index (χ0n) is 11.4. The maximum Gasteiger partial charge on any atom is 0.153 e. The number of Topliss-reactive ketones (excluding diaryl/α,β-unsaturated/α-hetero) is 1. The number of nitrogens with zero attached hydrogens (tertiary/aromatic N) is 3. The summed E-state index contributed by atoms with van der Waals surface area (Å²) in [6.07, 6.45) is 3.35. The number of nitriles is 1. The first-order chi connectivity index (χ1) is 9.07. The summed E-state index contributed by atoms with van der Waals surface area (Å²) in [5.74, 6) is 0.0869. The van der Waals surface area contributed by atoms with Gasteiger partial charge in [-0.15, -0.1) is 0 Å². The van der Waals surface area contributed by atoms with Crippen molar-refractivity contribution in [2.45, 2.75) is 52.5 Å². The highest BCUT2D eigenvalue weighted by Crippen LogP contribution is 2.39. The lowest BCUT2D eigenvalue weighted by Crippen LogP contribution is -2.28. The Morgan fingerprint density at radius 3 is 2.74 bits per heavy atom. The Bertz CT molecular complexity index is 544. The van der Waals surface area contributed by atoms with Crippen molar-refractivity contribution in [1.29, 1.82) is 5.26 Å². The molecular formula is C14H18BrN3O. The van der Waals surface area contributed by atoms with E-state index in [1.54, 1.807) is 0 Å². The highest BCUT2D eigenvalue weighted by molar-refractivity contribution is 9.10. The molecular weight excluding hydrogens is 306 g/mol. The summed E-state index contributed by atoms with van der Waals surface area (Å²) in [5, 5.41) is 14.0. The average Bonchev–Trinajstić information content (AvgIpc) is 2.93. The predicted molar refractivity (Wildman–Crippen MR) is 75.6 cm³/mol. The second-order valence-corrected chi connectivity index (χ2v) is 5.82. The van der Waals surface area contributed by atoms with Crippen LogP contribution in [0.5, 0.6) is 0 Å². The van der Waals surface area contributed by atoms with Gasteiger partial charge in [0.15, 0.2) is 5.78 Å². The largest absolute Gasteiger partial charge is 0.298 e. The van der Waals surface area contributed by atoms with Gasteiger partial charge in [0.1, 0.15) is 5.41 Å². The molecule has 0 bridgehead atoms. The van der Waals surface area contributed by atoms with Crippen LogP contribution in [-0.2, 0) is 24.2 Å². The SMILES string of the molecule is CCc1nn(CC)c(CC2(C#N)CCCC2=O)c1Br. The van der Waals surface area contributed by atoms with Gasteiger partial charge in [0.25, 0.3) is 0 Å². The third kappa shape index (κ3) is 2.34. The summed E-state index contributed by atoms with van der Waals surface area (Å²) in [7, 11) is 0. The number of aromatic nitrogens is 2. The molecule has 1 unspecified atom stereocenters. The Kier molecular flexibility index (Phi) is 4.10. The summed E-state index contributed by atoms with van der Waals surface area (Å²) in [5.41, 5.74) is 1.15. The molecule has 0 radical (unpaired) electrons. The lowest BCUT2D eigenvalue weighted by atomic mass is 9.82. The van der Waals surface area contributed by atoms with E-state index in [2.05, 4.69) is 34.0 Å². The van der Waals surface area contributed by atoms with Crippen LogP contribution in [0.25, 0.3) is 0 Å². The number of carbonyl (C=O) groups excluding carboxylic acids is 1. The standard InChI is InChI=1S/C14H18BrN3O/c1-3-10-13(15)11(18(4-2)17-10)8-14(9-16)7-5-6-12(14)19/h3-8H2,1-2H3. The van der Waals surface area contributed by atoms with E-state index >= 15 is 0 Å². The fraction of sp³-hybridized carbons (Fsp3) is 0.643. The predicted octanol–water partition coefficient (Wildman–Crippen LogP) is 3.03. The number of hydrogen-bond acceptors (Lipinski definition) is 3. The fourth-order valence-corrected chi connectivity index (χ4v) is 3.45. The number of carbonyl (C=O) groups is 1. The van der Waals surface area contributed by atoms with Gasteiger partial charge < -0.3 is 0 Å². The summed E-state index contributed by atoms with van der Waals surface area (Å²) in [6, 6.07) is 2.27. The molecule has 1 aliphatic carbocycles. The van der Waals surface area contributed by atoms with Crippen LogP contribution in [-0.4, -0.2) is 15.6 Å². The molecule has 102 valence electrons. The van der Waals surface area contributed by atoms with Gasteiger partial charge in [-0.05, 0) is 42.1 Å². The van der Waals surface area contributed by atoms with E-state index in [1.165, 1.54) is 0 Å². The number of rotatable bonds is 4. The second-order valence-electron chi connectivity index (χ2n) is 5.02. The first-order valence-electron chi connectivity index (χ1n) is 6.76. The summed E-state index contributed by atoms with van der Waals surface area (Å²) >= 11 is 3.58. The van der Waals surface area contributed by atoms with Crippen LogP contribution in [0.4, 0.5) is 0 Å².